The van der Waals surface area contributed by atoms with Gasteiger partial charge in [-0.2, -0.15) is 0 Å². The van der Waals surface area contributed by atoms with E-state index >= 15 is 0 Å². The number of imidazole rings is 1. The summed E-state index contributed by atoms with van der Waals surface area (Å²) in [5.41, 5.74) is 2.06. The number of fused-ring (bicyclic) bond motifs is 1. The lowest BCUT2D eigenvalue weighted by Crippen LogP contribution is -2.44. The largest absolute Gasteiger partial charge is 0.342 e. The average Bonchev–Trinajstić information content (AvgIpc) is 3.35. The van der Waals surface area contributed by atoms with E-state index in [1.807, 2.05) is 28.6 Å². The fourth-order valence-corrected chi connectivity index (χ4v) is 5.45. The minimum Gasteiger partial charge on any atom is -0.342 e. The van der Waals surface area contributed by atoms with E-state index in [0.29, 0.717) is 17.8 Å². The minimum atomic E-state index is 0.0925. The van der Waals surface area contributed by atoms with Crippen LogP contribution in [-0.2, 0) is 6.42 Å². The highest BCUT2D eigenvalue weighted by molar-refractivity contribution is 7.98. The highest BCUT2D eigenvalue weighted by atomic mass is 32.2. The molecule has 0 atom stereocenters. The van der Waals surface area contributed by atoms with Crippen molar-refractivity contribution in [2.75, 3.05) is 6.54 Å². The second-order valence-electron chi connectivity index (χ2n) is 7.85. The molecule has 2 aliphatic carbocycles. The van der Waals surface area contributed by atoms with Crippen molar-refractivity contribution in [1.29, 1.82) is 0 Å². The van der Waals surface area contributed by atoms with Crippen LogP contribution in [0, 0.1) is 0 Å². The van der Waals surface area contributed by atoms with Gasteiger partial charge in [-0.3, -0.25) is 4.31 Å². The maximum atomic E-state index is 13.0. The molecule has 1 aromatic heterocycles. The summed E-state index contributed by atoms with van der Waals surface area (Å²) in [4.78, 5) is 21.0. The van der Waals surface area contributed by atoms with Crippen molar-refractivity contribution in [3.05, 3.63) is 30.1 Å². The third kappa shape index (κ3) is 4.98. The summed E-state index contributed by atoms with van der Waals surface area (Å²) in [6.45, 7) is 0.694. The normalized spacial score (nSPS) is 18.8. The molecule has 2 amide bonds. The van der Waals surface area contributed by atoms with Gasteiger partial charge in [-0.25, -0.2) is 9.78 Å². The number of rotatable bonds is 6. The maximum absolute atomic E-state index is 13.0. The number of carbonyl (C=O) groups excluding carboxylic acids is 1. The average molecular weight is 387 g/mol. The number of para-hydroxylation sites is 2. The van der Waals surface area contributed by atoms with E-state index in [-0.39, 0.29) is 6.03 Å². The number of hydrogen-bond donors (Lipinski definition) is 2. The lowest BCUT2D eigenvalue weighted by atomic mass is 9.96. The Labute approximate surface area is 165 Å². The van der Waals surface area contributed by atoms with Gasteiger partial charge >= 0.3 is 6.03 Å². The summed E-state index contributed by atoms with van der Waals surface area (Å²) >= 11 is 1.75. The van der Waals surface area contributed by atoms with E-state index in [4.69, 9.17) is 0 Å². The van der Waals surface area contributed by atoms with Gasteiger partial charge in [-0.05, 0) is 49.8 Å². The van der Waals surface area contributed by atoms with E-state index in [0.717, 1.165) is 36.1 Å². The summed E-state index contributed by atoms with van der Waals surface area (Å²) in [6.07, 6.45) is 11.8. The predicted molar refractivity (Wildman–Crippen MR) is 112 cm³/mol. The van der Waals surface area contributed by atoms with Gasteiger partial charge in [0.25, 0.3) is 0 Å². The maximum Gasteiger partial charge on any atom is 0.327 e. The molecule has 2 N–H and O–H groups in total. The molecule has 0 aliphatic heterocycles. The number of carbonyl (C=O) groups is 1. The predicted octanol–water partition coefficient (Wildman–Crippen LogP) is 5.04. The van der Waals surface area contributed by atoms with Gasteiger partial charge in [0.15, 0.2) is 0 Å². The molecule has 0 saturated heterocycles. The molecule has 6 heteroatoms. The molecule has 2 aromatic rings. The number of aromatic nitrogens is 2. The topological polar surface area (TPSA) is 61.0 Å². The molecule has 0 radical (unpaired) electrons. The van der Waals surface area contributed by atoms with Crippen LogP contribution < -0.4 is 5.32 Å². The summed E-state index contributed by atoms with van der Waals surface area (Å²) in [5, 5.41) is 3.87. The quantitative estimate of drug-likeness (QED) is 0.684. The van der Waals surface area contributed by atoms with Crippen LogP contribution >= 0.6 is 11.9 Å². The van der Waals surface area contributed by atoms with Gasteiger partial charge < -0.3 is 10.3 Å². The first-order valence-electron chi connectivity index (χ1n) is 10.5. The first kappa shape index (κ1) is 18.7. The highest BCUT2D eigenvalue weighted by Crippen LogP contribution is 2.32. The molecule has 2 saturated carbocycles. The monoisotopic (exact) mass is 386 g/mol. The lowest BCUT2D eigenvalue weighted by Gasteiger charge is -2.29. The molecule has 27 heavy (non-hydrogen) atoms. The fourth-order valence-electron chi connectivity index (χ4n) is 4.20. The van der Waals surface area contributed by atoms with E-state index < -0.39 is 0 Å². The van der Waals surface area contributed by atoms with Crippen LogP contribution in [0.2, 0.25) is 0 Å². The van der Waals surface area contributed by atoms with Crippen molar-refractivity contribution in [1.82, 2.24) is 19.6 Å². The second-order valence-corrected chi connectivity index (χ2v) is 9.17. The van der Waals surface area contributed by atoms with Crippen LogP contribution in [0.1, 0.15) is 63.6 Å². The Balaban J connectivity index is 1.39. The molecule has 2 aliphatic rings. The molecular formula is C21H30N4OS. The molecule has 4 rings (SSSR count). The number of aromatic amines is 1. The first-order valence-corrected chi connectivity index (χ1v) is 11.3. The van der Waals surface area contributed by atoms with Crippen molar-refractivity contribution in [2.24, 2.45) is 0 Å². The molecular weight excluding hydrogens is 356 g/mol. The molecule has 5 nitrogen and oxygen atoms in total. The Morgan fingerprint density at radius 3 is 2.63 bits per heavy atom. The molecule has 2 fully saturated rings. The molecule has 0 unspecified atom stereocenters. The standard InChI is InChI=1S/C21H30N4OS/c26-21(22-16-8-2-1-3-9-16)25(27-17-10-4-5-11-17)15-14-20-23-18-12-6-7-13-19(18)24-20/h6-7,12-13,16-17H,1-5,8-11,14-15H2,(H,22,26)(H,23,24). The second kappa shape index (κ2) is 9.00. The number of nitrogens with one attached hydrogen (secondary N) is 2. The number of benzene rings is 1. The Morgan fingerprint density at radius 2 is 1.85 bits per heavy atom. The van der Waals surface area contributed by atoms with Crippen molar-refractivity contribution in [2.45, 2.75) is 75.5 Å². The molecule has 0 bridgehead atoms. The summed E-state index contributed by atoms with van der Waals surface area (Å²) in [7, 11) is 0. The van der Waals surface area contributed by atoms with Crippen LogP contribution in [0.4, 0.5) is 4.79 Å². The van der Waals surface area contributed by atoms with Gasteiger partial charge in [0, 0.05) is 24.3 Å². The highest BCUT2D eigenvalue weighted by Gasteiger charge is 2.25. The Hall–Kier alpha value is -1.69. The molecule has 0 spiro atoms. The zero-order valence-corrected chi connectivity index (χ0v) is 16.8. The van der Waals surface area contributed by atoms with Crippen LogP contribution in [0.15, 0.2) is 24.3 Å². The van der Waals surface area contributed by atoms with Crippen molar-refractivity contribution < 1.29 is 4.79 Å². The van der Waals surface area contributed by atoms with Gasteiger partial charge in [0.2, 0.25) is 0 Å². The Morgan fingerprint density at radius 1 is 1.11 bits per heavy atom. The van der Waals surface area contributed by atoms with Crippen molar-refractivity contribution in [3.8, 4) is 0 Å². The van der Waals surface area contributed by atoms with Crippen molar-refractivity contribution in [3.63, 3.8) is 0 Å². The molecule has 1 aromatic carbocycles. The van der Waals surface area contributed by atoms with Crippen LogP contribution in [0.25, 0.3) is 11.0 Å². The van der Waals surface area contributed by atoms with Gasteiger partial charge in [0.05, 0.1) is 11.0 Å². The van der Waals surface area contributed by atoms with E-state index in [1.165, 1.54) is 44.9 Å². The third-order valence-electron chi connectivity index (χ3n) is 5.73. The van der Waals surface area contributed by atoms with Crippen LogP contribution in [0.3, 0.4) is 0 Å². The Bertz CT molecular complexity index is 716. The summed E-state index contributed by atoms with van der Waals surface area (Å²) < 4.78 is 1.97. The number of urea groups is 1. The zero-order valence-electron chi connectivity index (χ0n) is 16.0. The SMILES string of the molecule is O=C(NC1CCCCC1)N(CCc1nc2ccccc2[nH]1)SC1CCCC1. The smallest absolute Gasteiger partial charge is 0.327 e. The van der Waals surface area contributed by atoms with Crippen LogP contribution in [-0.4, -0.2) is 38.1 Å². The fraction of sp³-hybridized carbons (Fsp3) is 0.619. The number of amides is 2. The van der Waals surface area contributed by atoms with E-state index in [1.54, 1.807) is 11.9 Å². The van der Waals surface area contributed by atoms with Crippen molar-refractivity contribution >= 4 is 29.0 Å². The number of H-pyrrole nitrogens is 1. The number of nitrogens with zero attached hydrogens (tertiary/aromatic N) is 2. The van der Waals surface area contributed by atoms with E-state index in [9.17, 15) is 4.79 Å². The van der Waals surface area contributed by atoms with Gasteiger partial charge in [0.1, 0.15) is 5.82 Å². The summed E-state index contributed by atoms with van der Waals surface area (Å²) in [5.74, 6) is 0.957. The first-order chi connectivity index (χ1) is 13.3. The lowest BCUT2D eigenvalue weighted by molar-refractivity contribution is 0.217. The Kier molecular flexibility index (Phi) is 6.22. The molecule has 146 valence electrons. The van der Waals surface area contributed by atoms with Gasteiger partial charge in [-0.15, -0.1) is 0 Å². The minimum absolute atomic E-state index is 0.0925. The zero-order chi connectivity index (χ0) is 18.5. The van der Waals surface area contributed by atoms with E-state index in [2.05, 4.69) is 15.3 Å². The number of hydrogen-bond acceptors (Lipinski definition) is 3. The van der Waals surface area contributed by atoms with Crippen LogP contribution in [0.5, 0.6) is 0 Å². The van der Waals surface area contributed by atoms with Gasteiger partial charge in [-0.1, -0.05) is 44.2 Å². The summed E-state index contributed by atoms with van der Waals surface area (Å²) in [6, 6.07) is 8.54. The third-order valence-corrected chi connectivity index (χ3v) is 7.10. The molecule has 1 heterocycles.